The van der Waals surface area contributed by atoms with Gasteiger partial charge in [-0.3, -0.25) is 9.59 Å². The highest BCUT2D eigenvalue weighted by atomic mass is 16.5. The third-order valence-corrected chi connectivity index (χ3v) is 5.11. The average Bonchev–Trinajstić information content (AvgIpc) is 3.03. The van der Waals surface area contributed by atoms with Gasteiger partial charge in [-0.05, 0) is 42.2 Å². The number of ketones is 1. The number of carbonyl (C=O) groups excluding carboxylic acids is 2. The summed E-state index contributed by atoms with van der Waals surface area (Å²) in [5.41, 5.74) is 1.34. The summed E-state index contributed by atoms with van der Waals surface area (Å²) in [6, 6.07) is 15.6. The molecule has 2 aromatic rings. The Kier molecular flexibility index (Phi) is 7.47. The zero-order valence-corrected chi connectivity index (χ0v) is 18.2. The summed E-state index contributed by atoms with van der Waals surface area (Å²) in [6.45, 7) is 5.55. The summed E-state index contributed by atoms with van der Waals surface area (Å²) < 4.78 is 10.8. The van der Waals surface area contributed by atoms with Crippen molar-refractivity contribution in [3.8, 4) is 5.75 Å². The fraction of sp³-hybridized carbons (Fsp3) is 0.360. The molecule has 1 heterocycles. The van der Waals surface area contributed by atoms with E-state index in [1.54, 1.807) is 31.4 Å². The summed E-state index contributed by atoms with van der Waals surface area (Å²) in [7, 11) is 1.59. The van der Waals surface area contributed by atoms with Crippen molar-refractivity contribution < 1.29 is 24.2 Å². The molecule has 6 nitrogen and oxygen atoms in total. The highest BCUT2D eigenvalue weighted by Crippen LogP contribution is 2.39. The lowest BCUT2D eigenvalue weighted by atomic mass is 9.95. The van der Waals surface area contributed by atoms with E-state index in [2.05, 4.69) is 13.8 Å². The number of nitrogens with zero attached hydrogens (tertiary/aromatic N) is 1. The lowest BCUT2D eigenvalue weighted by Crippen LogP contribution is -2.31. The van der Waals surface area contributed by atoms with E-state index < -0.39 is 17.7 Å². The molecule has 1 fully saturated rings. The summed E-state index contributed by atoms with van der Waals surface area (Å²) in [5.74, 6) is -0.387. The fourth-order valence-corrected chi connectivity index (χ4v) is 3.60. The molecule has 0 aliphatic carbocycles. The molecule has 1 aliphatic heterocycles. The molecule has 1 atom stereocenters. The molecule has 0 bridgehead atoms. The van der Waals surface area contributed by atoms with Crippen molar-refractivity contribution in [2.24, 2.45) is 5.92 Å². The summed E-state index contributed by atoms with van der Waals surface area (Å²) in [6.07, 6.45) is 0.592. The van der Waals surface area contributed by atoms with Crippen LogP contribution in [0.4, 0.5) is 0 Å². The summed E-state index contributed by atoms with van der Waals surface area (Å²) in [5, 5.41) is 11.1. The number of methoxy groups -OCH3 is 1. The van der Waals surface area contributed by atoms with Crippen molar-refractivity contribution in [3.05, 3.63) is 71.3 Å². The number of aliphatic hydroxyl groups is 1. The Bertz CT molecular complexity index is 934. The topological polar surface area (TPSA) is 76.1 Å². The number of ether oxygens (including phenoxy) is 2. The van der Waals surface area contributed by atoms with E-state index in [-0.39, 0.29) is 11.3 Å². The summed E-state index contributed by atoms with van der Waals surface area (Å²) >= 11 is 0. The first kappa shape index (κ1) is 22.6. The number of likely N-dealkylation sites (tertiary alicyclic amines) is 1. The molecule has 0 spiro atoms. The van der Waals surface area contributed by atoms with E-state index in [0.717, 1.165) is 5.56 Å². The van der Waals surface area contributed by atoms with Crippen LogP contribution in [0.1, 0.15) is 37.4 Å². The average molecular weight is 424 g/mol. The van der Waals surface area contributed by atoms with Crippen LogP contribution in [0.25, 0.3) is 5.76 Å². The van der Waals surface area contributed by atoms with Gasteiger partial charge in [0, 0.05) is 25.8 Å². The molecular formula is C25H29NO5. The Balaban J connectivity index is 1.98. The predicted molar refractivity (Wildman–Crippen MR) is 119 cm³/mol. The molecule has 1 aliphatic rings. The van der Waals surface area contributed by atoms with Gasteiger partial charge >= 0.3 is 0 Å². The zero-order valence-electron chi connectivity index (χ0n) is 18.2. The second-order valence-electron chi connectivity index (χ2n) is 7.98. The number of rotatable bonds is 9. The molecule has 164 valence electrons. The van der Waals surface area contributed by atoms with Crippen molar-refractivity contribution in [2.75, 3.05) is 26.9 Å². The monoisotopic (exact) mass is 423 g/mol. The highest BCUT2D eigenvalue weighted by Gasteiger charge is 2.45. The number of benzene rings is 2. The normalized spacial score (nSPS) is 18.1. The van der Waals surface area contributed by atoms with Crippen LogP contribution in [0.15, 0.2) is 60.2 Å². The quantitative estimate of drug-likeness (QED) is 0.283. The maximum absolute atomic E-state index is 12.9. The van der Waals surface area contributed by atoms with Gasteiger partial charge in [0.05, 0.1) is 18.2 Å². The van der Waals surface area contributed by atoms with Crippen LogP contribution in [0.2, 0.25) is 0 Å². The second kappa shape index (κ2) is 10.3. The highest BCUT2D eigenvalue weighted by molar-refractivity contribution is 6.46. The van der Waals surface area contributed by atoms with Gasteiger partial charge < -0.3 is 19.5 Å². The molecule has 31 heavy (non-hydrogen) atoms. The van der Waals surface area contributed by atoms with E-state index >= 15 is 0 Å². The predicted octanol–water partition coefficient (Wildman–Crippen LogP) is 4.18. The number of carbonyl (C=O) groups is 2. The van der Waals surface area contributed by atoms with Gasteiger partial charge in [0.2, 0.25) is 0 Å². The molecule has 1 N–H and O–H groups in total. The molecule has 0 saturated carbocycles. The summed E-state index contributed by atoms with van der Waals surface area (Å²) in [4.78, 5) is 27.2. The third kappa shape index (κ3) is 5.14. The lowest BCUT2D eigenvalue weighted by molar-refractivity contribution is -0.140. The van der Waals surface area contributed by atoms with Gasteiger partial charge in [-0.15, -0.1) is 0 Å². The Morgan fingerprint density at radius 1 is 1.06 bits per heavy atom. The van der Waals surface area contributed by atoms with Crippen LogP contribution in [0.5, 0.6) is 5.75 Å². The molecule has 0 aromatic heterocycles. The van der Waals surface area contributed by atoms with E-state index in [1.807, 2.05) is 30.3 Å². The lowest BCUT2D eigenvalue weighted by Gasteiger charge is -2.25. The van der Waals surface area contributed by atoms with Crippen LogP contribution in [0.3, 0.4) is 0 Å². The minimum atomic E-state index is -0.677. The molecule has 6 heteroatoms. The minimum Gasteiger partial charge on any atom is -0.507 e. The van der Waals surface area contributed by atoms with E-state index in [0.29, 0.717) is 43.4 Å². The van der Waals surface area contributed by atoms with Crippen molar-refractivity contribution in [1.82, 2.24) is 4.90 Å². The maximum atomic E-state index is 12.9. The van der Waals surface area contributed by atoms with Gasteiger partial charge in [-0.25, -0.2) is 0 Å². The number of aliphatic hydroxyl groups excluding tert-OH is 1. The minimum absolute atomic E-state index is 0.101. The van der Waals surface area contributed by atoms with Gasteiger partial charge in [-0.1, -0.05) is 44.2 Å². The molecule has 3 rings (SSSR count). The van der Waals surface area contributed by atoms with E-state index in [9.17, 15) is 14.7 Å². The first-order chi connectivity index (χ1) is 14.9. The second-order valence-corrected chi connectivity index (χ2v) is 7.98. The standard InChI is InChI=1S/C25H29NO5/c1-17(2)16-31-20-12-10-19(11-13-20)23(27)21-22(18-8-5-4-6-9-18)26(14-7-15-30-3)25(29)24(21)28/h4-6,8-13,17,22,27H,7,14-16H2,1-3H3/b23-21-. The Morgan fingerprint density at radius 3 is 2.35 bits per heavy atom. The smallest absolute Gasteiger partial charge is 0.295 e. The number of Topliss-reactive ketones (excluding diaryl/α,β-unsaturated/α-hetero) is 1. The van der Waals surface area contributed by atoms with Crippen molar-refractivity contribution in [2.45, 2.75) is 26.3 Å². The Labute approximate surface area is 183 Å². The zero-order chi connectivity index (χ0) is 22.4. The van der Waals surface area contributed by atoms with Crippen LogP contribution >= 0.6 is 0 Å². The van der Waals surface area contributed by atoms with Gasteiger partial charge in [0.25, 0.3) is 11.7 Å². The van der Waals surface area contributed by atoms with Gasteiger partial charge in [0.1, 0.15) is 11.5 Å². The molecule has 1 saturated heterocycles. The first-order valence-electron chi connectivity index (χ1n) is 10.5. The number of hydrogen-bond acceptors (Lipinski definition) is 5. The molecular weight excluding hydrogens is 394 g/mol. The maximum Gasteiger partial charge on any atom is 0.295 e. The van der Waals surface area contributed by atoms with Crippen molar-refractivity contribution >= 4 is 17.4 Å². The van der Waals surface area contributed by atoms with Crippen LogP contribution in [0, 0.1) is 5.92 Å². The van der Waals surface area contributed by atoms with E-state index in [1.165, 1.54) is 4.90 Å². The Hall–Kier alpha value is -3.12. The number of amides is 1. The van der Waals surface area contributed by atoms with Crippen LogP contribution in [-0.4, -0.2) is 48.6 Å². The van der Waals surface area contributed by atoms with Crippen molar-refractivity contribution in [3.63, 3.8) is 0 Å². The van der Waals surface area contributed by atoms with Crippen molar-refractivity contribution in [1.29, 1.82) is 0 Å². The SMILES string of the molecule is COCCCN1C(=O)C(=O)/C(=C(\O)c2ccc(OCC(C)C)cc2)C1c1ccccc1. The molecule has 2 aromatic carbocycles. The van der Waals surface area contributed by atoms with Gasteiger partial charge in [-0.2, -0.15) is 0 Å². The fourth-order valence-electron chi connectivity index (χ4n) is 3.60. The van der Waals surface area contributed by atoms with Crippen LogP contribution in [-0.2, 0) is 14.3 Å². The third-order valence-electron chi connectivity index (χ3n) is 5.11. The molecule has 1 amide bonds. The molecule has 1 unspecified atom stereocenters. The molecule has 0 radical (unpaired) electrons. The number of hydrogen-bond donors (Lipinski definition) is 1. The first-order valence-corrected chi connectivity index (χ1v) is 10.5. The Morgan fingerprint density at radius 2 is 1.74 bits per heavy atom. The van der Waals surface area contributed by atoms with Gasteiger partial charge in [0.15, 0.2) is 0 Å². The van der Waals surface area contributed by atoms with E-state index in [4.69, 9.17) is 9.47 Å². The van der Waals surface area contributed by atoms with Crippen LogP contribution < -0.4 is 4.74 Å². The largest absolute Gasteiger partial charge is 0.507 e.